The van der Waals surface area contributed by atoms with Crippen LogP contribution in [-0.4, -0.2) is 32.6 Å². The Hall–Kier alpha value is -2.65. The number of imidazole rings is 1. The lowest BCUT2D eigenvalue weighted by Gasteiger charge is -2.14. The Morgan fingerprint density at radius 2 is 2.04 bits per heavy atom. The molecule has 2 heterocycles. The molecule has 0 saturated heterocycles. The van der Waals surface area contributed by atoms with Crippen molar-refractivity contribution in [2.24, 2.45) is 11.8 Å². The van der Waals surface area contributed by atoms with E-state index in [1.54, 1.807) is 12.3 Å². The highest BCUT2D eigenvalue weighted by Crippen LogP contribution is 2.29. The quantitative estimate of drug-likeness (QED) is 0.765. The summed E-state index contributed by atoms with van der Waals surface area (Å²) in [5.74, 6) is -2.22. The van der Waals surface area contributed by atoms with E-state index in [4.69, 9.17) is 0 Å². The SMILES string of the molecule is CC(CC(=O)NCc1cnn2cc(CNC(=O)C3CC3)nc2c1)C(F)(F)F. The Kier molecular flexibility index (Phi) is 5.33. The average molecular weight is 383 g/mol. The number of hydrogen-bond acceptors (Lipinski definition) is 4. The number of aromatic nitrogens is 3. The Morgan fingerprint density at radius 3 is 2.70 bits per heavy atom. The fourth-order valence-electron chi connectivity index (χ4n) is 2.48. The molecule has 27 heavy (non-hydrogen) atoms. The Labute approximate surface area is 153 Å². The summed E-state index contributed by atoms with van der Waals surface area (Å²) < 4.78 is 39.0. The van der Waals surface area contributed by atoms with Crippen LogP contribution >= 0.6 is 0 Å². The molecule has 3 rings (SSSR count). The number of nitrogens with zero attached hydrogens (tertiary/aromatic N) is 3. The standard InChI is InChI=1S/C17H20F3N5O2/c1-10(17(18,19)20)4-15(26)21-6-11-5-14-24-13(9-25(14)23-7-11)8-22-16(27)12-2-3-12/h5,7,9-10,12H,2-4,6,8H2,1H3,(H,21,26)(H,22,27). The molecule has 2 aromatic heterocycles. The van der Waals surface area contributed by atoms with Gasteiger partial charge in [0.15, 0.2) is 5.65 Å². The molecule has 0 radical (unpaired) electrons. The van der Waals surface area contributed by atoms with Crippen LogP contribution in [0.4, 0.5) is 13.2 Å². The van der Waals surface area contributed by atoms with Gasteiger partial charge in [0.1, 0.15) is 0 Å². The summed E-state index contributed by atoms with van der Waals surface area (Å²) in [5.41, 5.74) is 1.80. The van der Waals surface area contributed by atoms with E-state index >= 15 is 0 Å². The van der Waals surface area contributed by atoms with Crippen LogP contribution in [-0.2, 0) is 22.7 Å². The third-order valence-electron chi connectivity index (χ3n) is 4.36. The van der Waals surface area contributed by atoms with Gasteiger partial charge in [0.05, 0.1) is 30.6 Å². The molecule has 1 aliphatic carbocycles. The zero-order valence-electron chi connectivity index (χ0n) is 14.7. The highest BCUT2D eigenvalue weighted by Gasteiger charge is 2.37. The van der Waals surface area contributed by atoms with E-state index in [1.807, 2.05) is 0 Å². The largest absolute Gasteiger partial charge is 0.392 e. The van der Waals surface area contributed by atoms with Gasteiger partial charge in [-0.05, 0) is 24.5 Å². The van der Waals surface area contributed by atoms with Crippen molar-refractivity contribution >= 4 is 17.5 Å². The third-order valence-corrected chi connectivity index (χ3v) is 4.36. The number of fused-ring (bicyclic) bond motifs is 1. The van der Waals surface area contributed by atoms with Crippen molar-refractivity contribution in [2.45, 2.75) is 45.5 Å². The van der Waals surface area contributed by atoms with Crippen LogP contribution in [0.5, 0.6) is 0 Å². The highest BCUT2D eigenvalue weighted by atomic mass is 19.4. The van der Waals surface area contributed by atoms with Gasteiger partial charge in [0.25, 0.3) is 0 Å². The van der Waals surface area contributed by atoms with Crippen LogP contribution in [0.25, 0.3) is 5.65 Å². The molecule has 0 spiro atoms. The van der Waals surface area contributed by atoms with Crippen molar-refractivity contribution < 1.29 is 22.8 Å². The van der Waals surface area contributed by atoms with Crippen molar-refractivity contribution in [3.8, 4) is 0 Å². The predicted molar refractivity (Wildman–Crippen MR) is 89.2 cm³/mol. The first-order valence-corrected chi connectivity index (χ1v) is 8.66. The smallest absolute Gasteiger partial charge is 0.352 e. The van der Waals surface area contributed by atoms with E-state index in [1.165, 1.54) is 10.7 Å². The summed E-state index contributed by atoms with van der Waals surface area (Å²) in [5, 5.41) is 9.44. The summed E-state index contributed by atoms with van der Waals surface area (Å²) in [7, 11) is 0. The van der Waals surface area contributed by atoms with Gasteiger partial charge in [-0.25, -0.2) is 9.50 Å². The minimum atomic E-state index is -4.39. The average Bonchev–Trinajstić information content (AvgIpc) is 3.37. The first kappa shape index (κ1) is 19.1. The molecule has 10 heteroatoms. The predicted octanol–water partition coefficient (Wildman–Crippen LogP) is 1.96. The van der Waals surface area contributed by atoms with Gasteiger partial charge in [-0.15, -0.1) is 0 Å². The van der Waals surface area contributed by atoms with Crippen LogP contribution in [0.3, 0.4) is 0 Å². The second-order valence-electron chi connectivity index (χ2n) is 6.81. The van der Waals surface area contributed by atoms with E-state index in [0.29, 0.717) is 23.4 Å². The van der Waals surface area contributed by atoms with Gasteiger partial charge in [0.2, 0.25) is 11.8 Å². The lowest BCUT2D eigenvalue weighted by Crippen LogP contribution is -2.29. The van der Waals surface area contributed by atoms with Gasteiger partial charge in [-0.1, -0.05) is 6.92 Å². The maximum absolute atomic E-state index is 12.5. The molecule has 2 N–H and O–H groups in total. The highest BCUT2D eigenvalue weighted by molar-refractivity contribution is 5.80. The molecular formula is C17H20F3N5O2. The normalized spacial score (nSPS) is 15.6. The fourth-order valence-corrected chi connectivity index (χ4v) is 2.48. The summed E-state index contributed by atoms with van der Waals surface area (Å²) >= 11 is 0. The van der Waals surface area contributed by atoms with Crippen LogP contribution < -0.4 is 10.6 Å². The molecule has 0 bridgehead atoms. The van der Waals surface area contributed by atoms with E-state index in [0.717, 1.165) is 19.8 Å². The topological polar surface area (TPSA) is 88.4 Å². The number of hydrogen-bond donors (Lipinski definition) is 2. The first-order valence-electron chi connectivity index (χ1n) is 8.66. The van der Waals surface area contributed by atoms with E-state index in [-0.39, 0.29) is 18.4 Å². The molecule has 1 saturated carbocycles. The van der Waals surface area contributed by atoms with Gasteiger partial charge >= 0.3 is 6.18 Å². The molecule has 0 aromatic carbocycles. The number of carbonyl (C=O) groups excluding carboxylic acids is 2. The lowest BCUT2D eigenvalue weighted by molar-refractivity contribution is -0.174. The number of amides is 2. The van der Waals surface area contributed by atoms with Gasteiger partial charge in [0, 0.05) is 18.9 Å². The molecular weight excluding hydrogens is 363 g/mol. The number of rotatable bonds is 7. The maximum atomic E-state index is 12.5. The summed E-state index contributed by atoms with van der Waals surface area (Å²) in [4.78, 5) is 27.7. The minimum absolute atomic E-state index is 0.0245. The summed E-state index contributed by atoms with van der Waals surface area (Å²) in [6.45, 7) is 1.34. The number of nitrogens with one attached hydrogen (secondary N) is 2. The van der Waals surface area contributed by atoms with Crippen molar-refractivity contribution in [1.82, 2.24) is 25.2 Å². The van der Waals surface area contributed by atoms with E-state index in [9.17, 15) is 22.8 Å². The maximum Gasteiger partial charge on any atom is 0.392 e. The Bertz CT molecular complexity index is 845. The first-order chi connectivity index (χ1) is 12.7. The second kappa shape index (κ2) is 7.53. The van der Waals surface area contributed by atoms with Crippen molar-refractivity contribution in [3.05, 3.63) is 29.7 Å². The summed E-state index contributed by atoms with van der Waals surface area (Å²) in [6, 6.07) is 1.69. The molecule has 146 valence electrons. The van der Waals surface area contributed by atoms with Crippen LogP contribution in [0, 0.1) is 11.8 Å². The molecule has 2 amide bonds. The molecule has 1 fully saturated rings. The molecule has 1 aliphatic rings. The van der Waals surface area contributed by atoms with Crippen molar-refractivity contribution in [2.75, 3.05) is 0 Å². The Morgan fingerprint density at radius 1 is 1.30 bits per heavy atom. The number of halogens is 3. The van der Waals surface area contributed by atoms with Crippen LogP contribution in [0.15, 0.2) is 18.5 Å². The molecule has 1 atom stereocenters. The summed E-state index contributed by atoms with van der Waals surface area (Å²) in [6.07, 6.45) is 0.0434. The Balaban J connectivity index is 1.54. The van der Waals surface area contributed by atoms with Crippen LogP contribution in [0.1, 0.15) is 37.4 Å². The number of carbonyl (C=O) groups is 2. The van der Waals surface area contributed by atoms with Gasteiger partial charge in [-0.3, -0.25) is 9.59 Å². The van der Waals surface area contributed by atoms with E-state index < -0.39 is 24.4 Å². The van der Waals surface area contributed by atoms with Gasteiger partial charge < -0.3 is 10.6 Å². The lowest BCUT2D eigenvalue weighted by atomic mass is 10.1. The van der Waals surface area contributed by atoms with E-state index in [2.05, 4.69) is 20.7 Å². The number of alkyl halides is 3. The fraction of sp³-hybridized carbons (Fsp3) is 0.529. The molecule has 7 nitrogen and oxygen atoms in total. The van der Waals surface area contributed by atoms with Crippen molar-refractivity contribution in [3.63, 3.8) is 0 Å². The third kappa shape index (κ3) is 5.18. The zero-order chi connectivity index (χ0) is 19.6. The minimum Gasteiger partial charge on any atom is -0.352 e. The monoisotopic (exact) mass is 383 g/mol. The molecule has 0 aliphatic heterocycles. The van der Waals surface area contributed by atoms with Gasteiger partial charge in [-0.2, -0.15) is 18.3 Å². The molecule has 1 unspecified atom stereocenters. The van der Waals surface area contributed by atoms with Crippen molar-refractivity contribution in [1.29, 1.82) is 0 Å². The molecule has 2 aromatic rings. The second-order valence-corrected chi connectivity index (χ2v) is 6.81. The zero-order valence-corrected chi connectivity index (χ0v) is 14.7. The van der Waals surface area contributed by atoms with Crippen LogP contribution in [0.2, 0.25) is 0 Å².